The number of aliphatic imine (C=N–C) groups is 1. The summed E-state index contributed by atoms with van der Waals surface area (Å²) in [5.74, 6) is 1.57. The molecule has 0 saturated carbocycles. The van der Waals surface area contributed by atoms with Gasteiger partial charge in [-0.3, -0.25) is 4.99 Å². The van der Waals surface area contributed by atoms with E-state index in [-0.39, 0.29) is 12.1 Å². The topological polar surface area (TPSA) is 75.2 Å². The summed E-state index contributed by atoms with van der Waals surface area (Å²) in [5, 5.41) is 6.61. The number of likely N-dealkylation sites (tertiary alicyclic amines) is 1. The van der Waals surface area contributed by atoms with Crippen LogP contribution in [0, 0.1) is 0 Å². The Morgan fingerprint density at radius 2 is 2.00 bits per heavy atom. The molecule has 0 spiro atoms. The molecule has 1 heterocycles. The molecule has 0 aromatic heterocycles. The molecule has 0 unspecified atom stereocenters. The van der Waals surface area contributed by atoms with Gasteiger partial charge in [0.15, 0.2) is 5.96 Å². The molecular weight excluding hydrogens is 332 g/mol. The van der Waals surface area contributed by atoms with Crippen LogP contribution in [0.2, 0.25) is 0 Å². The highest BCUT2D eigenvalue weighted by atomic mass is 16.6. The zero-order chi connectivity index (χ0) is 19.2. The predicted molar refractivity (Wildman–Crippen MR) is 103 cm³/mol. The number of hydrogen-bond acceptors (Lipinski definition) is 4. The molecule has 7 heteroatoms. The third kappa shape index (κ3) is 5.82. The number of guanidine groups is 1. The maximum Gasteiger partial charge on any atom is 0.410 e. The Morgan fingerprint density at radius 1 is 1.31 bits per heavy atom. The molecule has 2 rings (SSSR count). The second-order valence-electron chi connectivity index (χ2n) is 7.19. The second-order valence-corrected chi connectivity index (χ2v) is 7.19. The van der Waals surface area contributed by atoms with Gasteiger partial charge < -0.3 is 25.0 Å². The van der Waals surface area contributed by atoms with Crippen molar-refractivity contribution in [2.45, 2.75) is 45.9 Å². The van der Waals surface area contributed by atoms with E-state index in [1.54, 1.807) is 11.9 Å². The number of para-hydroxylation sites is 1. The second kappa shape index (κ2) is 8.78. The van der Waals surface area contributed by atoms with Crippen LogP contribution in [0.3, 0.4) is 0 Å². The van der Waals surface area contributed by atoms with Crippen molar-refractivity contribution in [1.29, 1.82) is 0 Å². The van der Waals surface area contributed by atoms with Crippen LogP contribution >= 0.6 is 0 Å². The number of carbonyl (C=O) groups is 1. The van der Waals surface area contributed by atoms with Crippen LogP contribution in [-0.2, 0) is 11.3 Å². The predicted octanol–water partition coefficient (Wildman–Crippen LogP) is 2.37. The van der Waals surface area contributed by atoms with Crippen LogP contribution in [0.1, 0.15) is 33.3 Å². The van der Waals surface area contributed by atoms with Gasteiger partial charge in [0, 0.05) is 32.2 Å². The Morgan fingerprint density at radius 3 is 2.62 bits per heavy atom. The summed E-state index contributed by atoms with van der Waals surface area (Å²) in [6.45, 7) is 10.0. The third-order valence-electron chi connectivity index (χ3n) is 3.82. The molecule has 1 aliphatic heterocycles. The van der Waals surface area contributed by atoms with Gasteiger partial charge in [-0.15, -0.1) is 0 Å². The fourth-order valence-electron chi connectivity index (χ4n) is 2.56. The molecule has 26 heavy (non-hydrogen) atoms. The van der Waals surface area contributed by atoms with E-state index in [2.05, 4.69) is 15.6 Å². The zero-order valence-electron chi connectivity index (χ0n) is 16.3. The maximum absolute atomic E-state index is 12.0. The highest BCUT2D eigenvalue weighted by Crippen LogP contribution is 2.18. The number of benzene rings is 1. The Hall–Kier alpha value is -2.44. The number of nitrogens with one attached hydrogen (secondary N) is 2. The van der Waals surface area contributed by atoms with E-state index in [4.69, 9.17) is 9.47 Å². The highest BCUT2D eigenvalue weighted by Gasteiger charge is 2.34. The van der Waals surface area contributed by atoms with Gasteiger partial charge in [-0.25, -0.2) is 4.79 Å². The summed E-state index contributed by atoms with van der Waals surface area (Å²) >= 11 is 0. The molecule has 1 fully saturated rings. The lowest BCUT2D eigenvalue weighted by molar-refractivity contribution is 0.00701. The number of rotatable bonds is 5. The first kappa shape index (κ1) is 19.9. The SMILES string of the molecule is CCOc1ccccc1CNC(=NC)NC1CN(C(=O)OC(C)(C)C)C1. The minimum Gasteiger partial charge on any atom is -0.494 e. The van der Waals surface area contributed by atoms with Crippen molar-refractivity contribution in [3.05, 3.63) is 29.8 Å². The standard InChI is InChI=1S/C19H30N4O3/c1-6-25-16-10-8-7-9-14(16)11-21-17(20-5)22-15-12-23(13-15)18(24)26-19(2,3)4/h7-10,15H,6,11-13H2,1-5H3,(H2,20,21,22). The Bertz CT molecular complexity index is 634. The van der Waals surface area contributed by atoms with Crippen LogP contribution in [-0.4, -0.2) is 55.3 Å². The van der Waals surface area contributed by atoms with Gasteiger partial charge in [0.2, 0.25) is 0 Å². The molecule has 7 nitrogen and oxygen atoms in total. The van der Waals surface area contributed by atoms with Gasteiger partial charge in [0.25, 0.3) is 0 Å². The Labute approximate surface area is 155 Å². The van der Waals surface area contributed by atoms with E-state index in [1.165, 1.54) is 0 Å². The van der Waals surface area contributed by atoms with Gasteiger partial charge in [0.1, 0.15) is 11.4 Å². The Balaban J connectivity index is 1.79. The summed E-state index contributed by atoms with van der Waals surface area (Å²) in [6, 6.07) is 8.10. The zero-order valence-corrected chi connectivity index (χ0v) is 16.3. The third-order valence-corrected chi connectivity index (χ3v) is 3.82. The van der Waals surface area contributed by atoms with Crippen molar-refractivity contribution < 1.29 is 14.3 Å². The molecule has 2 N–H and O–H groups in total. The van der Waals surface area contributed by atoms with Crippen LogP contribution < -0.4 is 15.4 Å². The largest absolute Gasteiger partial charge is 0.494 e. The van der Waals surface area contributed by atoms with Crippen molar-refractivity contribution in [3.63, 3.8) is 0 Å². The Kier molecular flexibility index (Phi) is 6.71. The van der Waals surface area contributed by atoms with Gasteiger partial charge in [-0.2, -0.15) is 0 Å². The van der Waals surface area contributed by atoms with Crippen LogP contribution in [0.5, 0.6) is 5.75 Å². The lowest BCUT2D eigenvalue weighted by atomic mass is 10.1. The van der Waals surface area contributed by atoms with E-state index in [0.717, 1.165) is 11.3 Å². The summed E-state index contributed by atoms with van der Waals surface area (Å²) < 4.78 is 11.0. The van der Waals surface area contributed by atoms with Crippen molar-refractivity contribution in [2.24, 2.45) is 4.99 Å². The van der Waals surface area contributed by atoms with Crippen molar-refractivity contribution in [1.82, 2.24) is 15.5 Å². The fraction of sp³-hybridized carbons (Fsp3) is 0.579. The average molecular weight is 362 g/mol. The van der Waals surface area contributed by atoms with Crippen LogP contribution in [0.15, 0.2) is 29.3 Å². The molecule has 1 aliphatic rings. The minimum absolute atomic E-state index is 0.163. The molecule has 0 atom stereocenters. The molecule has 1 aromatic rings. The van der Waals surface area contributed by atoms with E-state index in [9.17, 15) is 4.79 Å². The van der Waals surface area contributed by atoms with Gasteiger partial charge in [0.05, 0.1) is 12.6 Å². The van der Waals surface area contributed by atoms with Crippen molar-refractivity contribution in [2.75, 3.05) is 26.7 Å². The first-order valence-corrected chi connectivity index (χ1v) is 8.98. The van der Waals surface area contributed by atoms with Crippen molar-refractivity contribution >= 4 is 12.1 Å². The molecule has 144 valence electrons. The monoisotopic (exact) mass is 362 g/mol. The average Bonchev–Trinajstić information content (AvgIpc) is 2.53. The van der Waals surface area contributed by atoms with Crippen molar-refractivity contribution in [3.8, 4) is 5.75 Å². The van der Waals surface area contributed by atoms with Gasteiger partial charge in [-0.05, 0) is 33.8 Å². The number of ether oxygens (including phenoxy) is 2. The lowest BCUT2D eigenvalue weighted by Gasteiger charge is -2.40. The van der Waals surface area contributed by atoms with E-state index >= 15 is 0 Å². The first-order valence-electron chi connectivity index (χ1n) is 8.98. The number of hydrogen-bond donors (Lipinski definition) is 2. The molecular formula is C19H30N4O3. The number of nitrogens with zero attached hydrogens (tertiary/aromatic N) is 2. The van der Waals surface area contributed by atoms with Gasteiger partial charge >= 0.3 is 6.09 Å². The lowest BCUT2D eigenvalue weighted by Crippen LogP contribution is -2.63. The number of carbonyl (C=O) groups excluding carboxylic acids is 1. The smallest absolute Gasteiger partial charge is 0.410 e. The molecule has 1 aromatic carbocycles. The first-order chi connectivity index (χ1) is 12.3. The number of amides is 1. The summed E-state index contributed by atoms with van der Waals surface area (Å²) in [6.07, 6.45) is -0.274. The summed E-state index contributed by atoms with van der Waals surface area (Å²) in [4.78, 5) is 17.9. The van der Waals surface area contributed by atoms with E-state index in [1.807, 2.05) is 52.0 Å². The van der Waals surface area contributed by atoms with Crippen LogP contribution in [0.4, 0.5) is 4.79 Å². The summed E-state index contributed by atoms with van der Waals surface area (Å²) in [7, 11) is 1.73. The minimum atomic E-state index is -0.471. The quantitative estimate of drug-likeness (QED) is 0.621. The molecule has 0 radical (unpaired) electrons. The molecule has 0 bridgehead atoms. The molecule has 1 amide bonds. The molecule has 0 aliphatic carbocycles. The maximum atomic E-state index is 12.0. The summed E-state index contributed by atoms with van der Waals surface area (Å²) in [5.41, 5.74) is 0.600. The normalized spacial score (nSPS) is 15.3. The van der Waals surface area contributed by atoms with Gasteiger partial charge in [-0.1, -0.05) is 18.2 Å². The van der Waals surface area contributed by atoms with Crippen LogP contribution in [0.25, 0.3) is 0 Å². The van der Waals surface area contributed by atoms with E-state index < -0.39 is 5.60 Å². The molecule has 1 saturated heterocycles. The van der Waals surface area contributed by atoms with E-state index in [0.29, 0.717) is 32.2 Å². The highest BCUT2D eigenvalue weighted by molar-refractivity contribution is 5.80. The fourth-order valence-corrected chi connectivity index (χ4v) is 2.56.